The quantitative estimate of drug-likeness (QED) is 0.936. The molecule has 0 bridgehead atoms. The zero-order chi connectivity index (χ0) is 17.1. The van der Waals surface area contributed by atoms with Gasteiger partial charge in [0.2, 0.25) is 5.91 Å². The fourth-order valence-electron chi connectivity index (χ4n) is 2.67. The Morgan fingerprint density at radius 2 is 1.92 bits per heavy atom. The maximum absolute atomic E-state index is 13.2. The highest BCUT2D eigenvalue weighted by Crippen LogP contribution is 2.34. The summed E-state index contributed by atoms with van der Waals surface area (Å²) in [6.07, 6.45) is 0.258. The number of anilines is 1. The molecule has 6 heteroatoms. The van der Waals surface area contributed by atoms with Crippen LogP contribution in [0.15, 0.2) is 42.5 Å². The third-order valence-electron chi connectivity index (χ3n) is 4.10. The summed E-state index contributed by atoms with van der Waals surface area (Å²) in [5, 5.41) is 2.82. The van der Waals surface area contributed by atoms with E-state index < -0.39 is 0 Å². The molecule has 126 valence electrons. The van der Waals surface area contributed by atoms with Gasteiger partial charge in [0.05, 0.1) is 18.2 Å². The van der Waals surface area contributed by atoms with E-state index >= 15 is 0 Å². The highest BCUT2D eigenvalue weighted by molar-refractivity contribution is 5.77. The zero-order valence-electron chi connectivity index (χ0n) is 13.3. The molecule has 2 aromatic carbocycles. The van der Waals surface area contributed by atoms with Crippen molar-refractivity contribution in [1.29, 1.82) is 0 Å². The topological polar surface area (TPSA) is 41.6 Å². The van der Waals surface area contributed by atoms with E-state index in [4.69, 9.17) is 4.74 Å². The fraction of sp³-hybridized carbons (Fsp3) is 0.278. The van der Waals surface area contributed by atoms with Crippen LogP contribution in [-0.2, 0) is 11.3 Å². The summed E-state index contributed by atoms with van der Waals surface area (Å²) in [5.74, 6) is -0.287. The number of likely N-dealkylation sites (N-methyl/N-ethyl adjacent to an activating group) is 1. The SMILES string of the molecule is CN1c2ccc(F)cc2OCC1CC(=O)NCc1ccc(F)cc1. The lowest BCUT2D eigenvalue weighted by molar-refractivity contribution is -0.121. The summed E-state index contributed by atoms with van der Waals surface area (Å²) in [7, 11) is 1.86. The molecular weight excluding hydrogens is 314 g/mol. The van der Waals surface area contributed by atoms with Crippen molar-refractivity contribution in [3.05, 3.63) is 59.7 Å². The molecule has 1 aliphatic rings. The van der Waals surface area contributed by atoms with Crippen molar-refractivity contribution >= 4 is 11.6 Å². The molecular formula is C18H18F2N2O2. The monoisotopic (exact) mass is 332 g/mol. The lowest BCUT2D eigenvalue weighted by atomic mass is 10.1. The van der Waals surface area contributed by atoms with Crippen molar-refractivity contribution in [2.24, 2.45) is 0 Å². The minimum atomic E-state index is -0.349. The first-order valence-electron chi connectivity index (χ1n) is 7.69. The number of nitrogens with one attached hydrogen (secondary N) is 1. The van der Waals surface area contributed by atoms with Gasteiger partial charge in [-0.2, -0.15) is 0 Å². The van der Waals surface area contributed by atoms with Crippen LogP contribution in [0.3, 0.4) is 0 Å². The third-order valence-corrected chi connectivity index (χ3v) is 4.10. The second-order valence-electron chi connectivity index (χ2n) is 5.80. The number of halogens is 2. The van der Waals surface area contributed by atoms with Crippen LogP contribution in [0.1, 0.15) is 12.0 Å². The number of ether oxygens (including phenoxy) is 1. The Labute approximate surface area is 139 Å². The molecule has 24 heavy (non-hydrogen) atoms. The number of fused-ring (bicyclic) bond motifs is 1. The Hall–Kier alpha value is -2.63. The van der Waals surface area contributed by atoms with Gasteiger partial charge in [-0.25, -0.2) is 8.78 Å². The molecule has 0 aromatic heterocycles. The van der Waals surface area contributed by atoms with E-state index in [1.54, 1.807) is 18.2 Å². The number of hydrogen-bond donors (Lipinski definition) is 1. The number of carbonyl (C=O) groups excluding carboxylic acids is 1. The first kappa shape index (κ1) is 16.2. The number of hydrogen-bond acceptors (Lipinski definition) is 3. The minimum absolute atomic E-state index is 0.120. The van der Waals surface area contributed by atoms with E-state index in [2.05, 4.69) is 5.32 Å². The lowest BCUT2D eigenvalue weighted by Crippen LogP contribution is -2.43. The molecule has 0 saturated heterocycles. The number of benzene rings is 2. The summed E-state index contributed by atoms with van der Waals surface area (Å²) in [5.41, 5.74) is 1.60. The standard InChI is InChI=1S/C18H18F2N2O2/c1-22-15(11-24-17-8-14(20)6-7-16(17)22)9-18(23)21-10-12-2-4-13(19)5-3-12/h2-8,15H,9-11H2,1H3,(H,21,23). The maximum atomic E-state index is 13.2. The molecule has 0 saturated carbocycles. The molecule has 2 aromatic rings. The zero-order valence-corrected chi connectivity index (χ0v) is 13.3. The van der Waals surface area contributed by atoms with Crippen LogP contribution >= 0.6 is 0 Å². The molecule has 1 atom stereocenters. The van der Waals surface area contributed by atoms with Crippen molar-refractivity contribution in [2.45, 2.75) is 19.0 Å². The van der Waals surface area contributed by atoms with Crippen molar-refractivity contribution in [3.8, 4) is 5.75 Å². The predicted octanol–water partition coefficient (Wildman–Crippen LogP) is 2.87. The Bertz CT molecular complexity index is 734. The van der Waals surface area contributed by atoms with Gasteiger partial charge in [-0.3, -0.25) is 4.79 Å². The van der Waals surface area contributed by atoms with Gasteiger partial charge in [0.15, 0.2) is 0 Å². The van der Waals surface area contributed by atoms with Crippen LogP contribution in [0.5, 0.6) is 5.75 Å². The average molecular weight is 332 g/mol. The van der Waals surface area contributed by atoms with Gasteiger partial charge in [-0.1, -0.05) is 12.1 Å². The van der Waals surface area contributed by atoms with Crippen LogP contribution < -0.4 is 15.0 Å². The van der Waals surface area contributed by atoms with E-state index in [-0.39, 0.29) is 30.0 Å². The molecule has 0 aliphatic carbocycles. The Morgan fingerprint density at radius 3 is 2.67 bits per heavy atom. The van der Waals surface area contributed by atoms with E-state index in [1.807, 2.05) is 11.9 Å². The summed E-state index contributed by atoms with van der Waals surface area (Å²) in [6, 6.07) is 10.2. The van der Waals surface area contributed by atoms with Gasteiger partial charge in [-0.05, 0) is 29.8 Å². The Balaban J connectivity index is 1.57. The summed E-state index contributed by atoms with van der Waals surface area (Å²) in [6.45, 7) is 0.662. The smallest absolute Gasteiger partial charge is 0.222 e. The lowest BCUT2D eigenvalue weighted by Gasteiger charge is -2.35. The van der Waals surface area contributed by atoms with Gasteiger partial charge < -0.3 is 15.0 Å². The largest absolute Gasteiger partial charge is 0.489 e. The minimum Gasteiger partial charge on any atom is -0.489 e. The number of carbonyl (C=O) groups is 1. The highest BCUT2D eigenvalue weighted by atomic mass is 19.1. The van der Waals surface area contributed by atoms with Crippen LogP contribution in [-0.4, -0.2) is 25.6 Å². The average Bonchev–Trinajstić information content (AvgIpc) is 2.57. The van der Waals surface area contributed by atoms with Crippen LogP contribution in [0.25, 0.3) is 0 Å². The fourth-order valence-corrected chi connectivity index (χ4v) is 2.67. The third kappa shape index (κ3) is 3.64. The first-order chi connectivity index (χ1) is 11.5. The molecule has 0 fully saturated rings. The normalized spacial score (nSPS) is 16.3. The van der Waals surface area contributed by atoms with Crippen molar-refractivity contribution < 1.29 is 18.3 Å². The Kier molecular flexibility index (Phi) is 4.64. The maximum Gasteiger partial charge on any atom is 0.222 e. The summed E-state index contributed by atoms with van der Waals surface area (Å²) in [4.78, 5) is 14.1. The number of nitrogens with zero attached hydrogens (tertiary/aromatic N) is 1. The van der Waals surface area contributed by atoms with E-state index in [0.717, 1.165) is 11.3 Å². The van der Waals surface area contributed by atoms with Crippen molar-refractivity contribution in [1.82, 2.24) is 5.32 Å². The molecule has 1 unspecified atom stereocenters. The first-order valence-corrected chi connectivity index (χ1v) is 7.69. The van der Waals surface area contributed by atoms with Gasteiger partial charge >= 0.3 is 0 Å². The molecule has 1 aliphatic heterocycles. The van der Waals surface area contributed by atoms with E-state index in [1.165, 1.54) is 24.3 Å². The highest BCUT2D eigenvalue weighted by Gasteiger charge is 2.26. The van der Waals surface area contributed by atoms with Crippen molar-refractivity contribution in [2.75, 3.05) is 18.6 Å². The molecule has 1 N–H and O–H groups in total. The molecule has 0 radical (unpaired) electrons. The molecule has 0 spiro atoms. The van der Waals surface area contributed by atoms with Gasteiger partial charge in [0.1, 0.15) is 24.0 Å². The number of amides is 1. The van der Waals surface area contributed by atoms with Crippen LogP contribution in [0.2, 0.25) is 0 Å². The molecule has 4 nitrogen and oxygen atoms in total. The van der Waals surface area contributed by atoms with E-state index in [9.17, 15) is 13.6 Å². The predicted molar refractivity (Wildman–Crippen MR) is 86.9 cm³/mol. The van der Waals surface area contributed by atoms with Gasteiger partial charge in [0, 0.05) is 19.7 Å². The summed E-state index contributed by atoms with van der Waals surface area (Å²) >= 11 is 0. The van der Waals surface area contributed by atoms with Gasteiger partial charge in [0.25, 0.3) is 0 Å². The van der Waals surface area contributed by atoms with Gasteiger partial charge in [-0.15, -0.1) is 0 Å². The molecule has 1 heterocycles. The second-order valence-corrected chi connectivity index (χ2v) is 5.80. The van der Waals surface area contributed by atoms with E-state index in [0.29, 0.717) is 18.9 Å². The van der Waals surface area contributed by atoms with Crippen molar-refractivity contribution in [3.63, 3.8) is 0 Å². The summed E-state index contributed by atoms with van der Waals surface area (Å²) < 4.78 is 31.6. The number of rotatable bonds is 4. The van der Waals surface area contributed by atoms with Crippen LogP contribution in [0, 0.1) is 11.6 Å². The van der Waals surface area contributed by atoms with Crippen LogP contribution in [0.4, 0.5) is 14.5 Å². The Morgan fingerprint density at radius 1 is 1.21 bits per heavy atom. The second kappa shape index (κ2) is 6.86. The molecule has 1 amide bonds. The molecule has 3 rings (SSSR count).